The summed E-state index contributed by atoms with van der Waals surface area (Å²) >= 11 is 5.00. The Bertz CT molecular complexity index is 212. The second-order valence-corrected chi connectivity index (χ2v) is 3.49. The van der Waals surface area contributed by atoms with Crippen LogP contribution in [0.5, 0.6) is 0 Å². The number of carbonyl (C=O) groups is 1. The molecule has 0 aliphatic carbocycles. The Kier molecular flexibility index (Phi) is 7.94. The van der Waals surface area contributed by atoms with Crippen molar-refractivity contribution in [3.63, 3.8) is 0 Å². The van der Waals surface area contributed by atoms with Gasteiger partial charge in [-0.3, -0.25) is 4.79 Å². The van der Waals surface area contributed by atoms with E-state index in [9.17, 15) is 4.79 Å². The summed E-state index contributed by atoms with van der Waals surface area (Å²) in [5.41, 5.74) is 0. The van der Waals surface area contributed by atoms with E-state index >= 15 is 0 Å². The zero-order valence-corrected chi connectivity index (χ0v) is 10.1. The van der Waals surface area contributed by atoms with Crippen LogP contribution in [-0.2, 0) is 14.3 Å². The lowest BCUT2D eigenvalue weighted by Gasteiger charge is -2.15. The van der Waals surface area contributed by atoms with Gasteiger partial charge in [-0.25, -0.2) is 0 Å². The molecule has 0 heterocycles. The maximum atomic E-state index is 10.8. The van der Waals surface area contributed by atoms with Crippen LogP contribution in [-0.4, -0.2) is 44.5 Å². The highest BCUT2D eigenvalue weighted by molar-refractivity contribution is 7.80. The standard InChI is InChI=1S/C9H18N2O3S/c1-7(6-13-2)11-9(15)10-5-4-8(12)14-3/h7H,4-6H2,1-3H3,(H2,10,11,15). The molecule has 0 aromatic rings. The molecular weight excluding hydrogens is 216 g/mol. The molecule has 1 unspecified atom stereocenters. The lowest BCUT2D eigenvalue weighted by Crippen LogP contribution is -2.43. The van der Waals surface area contributed by atoms with Gasteiger partial charge in [0.25, 0.3) is 0 Å². The molecule has 15 heavy (non-hydrogen) atoms. The second kappa shape index (κ2) is 8.43. The van der Waals surface area contributed by atoms with Gasteiger partial charge >= 0.3 is 5.97 Å². The van der Waals surface area contributed by atoms with Crippen molar-refractivity contribution >= 4 is 23.3 Å². The summed E-state index contributed by atoms with van der Waals surface area (Å²) < 4.78 is 9.43. The van der Waals surface area contributed by atoms with Gasteiger partial charge in [-0.15, -0.1) is 0 Å². The summed E-state index contributed by atoms with van der Waals surface area (Å²) in [5, 5.41) is 6.43. The third-order valence-electron chi connectivity index (χ3n) is 1.64. The highest BCUT2D eigenvalue weighted by Gasteiger charge is 2.04. The van der Waals surface area contributed by atoms with Crippen molar-refractivity contribution in [1.29, 1.82) is 0 Å². The van der Waals surface area contributed by atoms with E-state index in [1.165, 1.54) is 7.11 Å². The van der Waals surface area contributed by atoms with Crippen LogP contribution in [0, 0.1) is 0 Å². The van der Waals surface area contributed by atoms with Crippen molar-refractivity contribution in [2.75, 3.05) is 27.4 Å². The molecule has 0 bridgehead atoms. The lowest BCUT2D eigenvalue weighted by molar-refractivity contribution is -0.140. The van der Waals surface area contributed by atoms with E-state index in [2.05, 4.69) is 15.4 Å². The van der Waals surface area contributed by atoms with E-state index in [4.69, 9.17) is 17.0 Å². The highest BCUT2D eigenvalue weighted by Crippen LogP contribution is 1.84. The molecule has 0 amide bonds. The van der Waals surface area contributed by atoms with Crippen molar-refractivity contribution < 1.29 is 14.3 Å². The molecule has 0 rings (SSSR count). The van der Waals surface area contributed by atoms with Gasteiger partial charge in [0.05, 0.1) is 20.1 Å². The molecule has 0 aliphatic rings. The molecule has 0 aromatic carbocycles. The van der Waals surface area contributed by atoms with Gasteiger partial charge in [-0.05, 0) is 19.1 Å². The third-order valence-corrected chi connectivity index (χ3v) is 1.90. The molecular formula is C9H18N2O3S. The predicted molar refractivity (Wildman–Crippen MR) is 61.7 cm³/mol. The first-order valence-corrected chi connectivity index (χ1v) is 5.11. The number of esters is 1. The SMILES string of the molecule is COCC(C)NC(=S)NCCC(=O)OC. The van der Waals surface area contributed by atoms with E-state index in [0.29, 0.717) is 24.7 Å². The van der Waals surface area contributed by atoms with Crippen LogP contribution in [0.4, 0.5) is 0 Å². The van der Waals surface area contributed by atoms with Crippen LogP contribution < -0.4 is 10.6 Å². The van der Waals surface area contributed by atoms with E-state index in [-0.39, 0.29) is 12.0 Å². The van der Waals surface area contributed by atoms with Crippen LogP contribution in [0.25, 0.3) is 0 Å². The first-order chi connectivity index (χ1) is 7.10. The number of ether oxygens (including phenoxy) is 2. The van der Waals surface area contributed by atoms with Gasteiger partial charge in [0.15, 0.2) is 5.11 Å². The molecule has 0 saturated heterocycles. The molecule has 0 saturated carbocycles. The first kappa shape index (κ1) is 14.1. The number of carbonyl (C=O) groups excluding carboxylic acids is 1. The zero-order valence-electron chi connectivity index (χ0n) is 9.33. The molecule has 0 fully saturated rings. The molecule has 2 N–H and O–H groups in total. The zero-order chi connectivity index (χ0) is 11.7. The number of nitrogens with one attached hydrogen (secondary N) is 2. The smallest absolute Gasteiger partial charge is 0.307 e. The van der Waals surface area contributed by atoms with E-state index in [0.717, 1.165) is 0 Å². The Hall–Kier alpha value is -0.880. The van der Waals surface area contributed by atoms with Crippen molar-refractivity contribution in [3.8, 4) is 0 Å². The highest BCUT2D eigenvalue weighted by atomic mass is 32.1. The van der Waals surface area contributed by atoms with Gasteiger partial charge in [0.1, 0.15) is 0 Å². The summed E-state index contributed by atoms with van der Waals surface area (Å²) in [4.78, 5) is 10.8. The number of thiocarbonyl (C=S) groups is 1. The maximum Gasteiger partial charge on any atom is 0.307 e. The van der Waals surface area contributed by atoms with Gasteiger partial charge in [-0.2, -0.15) is 0 Å². The van der Waals surface area contributed by atoms with Crippen LogP contribution in [0.15, 0.2) is 0 Å². The van der Waals surface area contributed by atoms with E-state index in [1.807, 2.05) is 6.92 Å². The number of methoxy groups -OCH3 is 2. The Morgan fingerprint density at radius 2 is 2.13 bits per heavy atom. The molecule has 0 aromatic heterocycles. The van der Waals surface area contributed by atoms with Crippen molar-refractivity contribution in [3.05, 3.63) is 0 Å². The van der Waals surface area contributed by atoms with Crippen LogP contribution in [0.3, 0.4) is 0 Å². The fraction of sp³-hybridized carbons (Fsp3) is 0.778. The number of hydrogen-bond acceptors (Lipinski definition) is 4. The Labute approximate surface area is 95.5 Å². The average molecular weight is 234 g/mol. The minimum absolute atomic E-state index is 0.146. The van der Waals surface area contributed by atoms with Gasteiger partial charge in [0, 0.05) is 19.7 Å². The van der Waals surface area contributed by atoms with Crippen LogP contribution >= 0.6 is 12.2 Å². The fourth-order valence-electron chi connectivity index (χ4n) is 0.947. The van der Waals surface area contributed by atoms with Crippen LogP contribution in [0.2, 0.25) is 0 Å². The topological polar surface area (TPSA) is 59.6 Å². The fourth-order valence-corrected chi connectivity index (χ4v) is 1.25. The maximum absolute atomic E-state index is 10.8. The monoisotopic (exact) mass is 234 g/mol. The molecule has 6 heteroatoms. The largest absolute Gasteiger partial charge is 0.469 e. The van der Waals surface area contributed by atoms with Crippen molar-refractivity contribution in [1.82, 2.24) is 10.6 Å². The quantitative estimate of drug-likeness (QED) is 0.500. The number of hydrogen-bond donors (Lipinski definition) is 2. The Balaban J connectivity index is 3.53. The first-order valence-electron chi connectivity index (χ1n) is 4.70. The van der Waals surface area contributed by atoms with Crippen LogP contribution in [0.1, 0.15) is 13.3 Å². The van der Waals surface area contributed by atoms with Crippen molar-refractivity contribution in [2.24, 2.45) is 0 Å². The summed E-state index contributed by atoms with van der Waals surface area (Å²) in [5.74, 6) is -0.254. The van der Waals surface area contributed by atoms with E-state index in [1.54, 1.807) is 7.11 Å². The minimum atomic E-state index is -0.254. The van der Waals surface area contributed by atoms with Gasteiger partial charge in [-0.1, -0.05) is 0 Å². The molecule has 5 nitrogen and oxygen atoms in total. The summed E-state index contributed by atoms with van der Waals surface area (Å²) in [6.07, 6.45) is 0.303. The molecule has 1 atom stereocenters. The van der Waals surface area contributed by atoms with Crippen molar-refractivity contribution in [2.45, 2.75) is 19.4 Å². The minimum Gasteiger partial charge on any atom is -0.469 e. The molecule has 0 radical (unpaired) electrons. The summed E-state index contributed by atoms with van der Waals surface area (Å²) in [6.45, 7) is 3.01. The third kappa shape index (κ3) is 8.14. The van der Waals surface area contributed by atoms with Gasteiger partial charge in [0.2, 0.25) is 0 Å². The Morgan fingerprint density at radius 1 is 1.47 bits per heavy atom. The van der Waals surface area contributed by atoms with Gasteiger partial charge < -0.3 is 20.1 Å². The number of rotatable bonds is 6. The summed E-state index contributed by atoms with van der Waals surface area (Å²) in [7, 11) is 2.99. The normalized spacial score (nSPS) is 11.7. The summed E-state index contributed by atoms with van der Waals surface area (Å²) in [6, 6.07) is 0.146. The molecule has 88 valence electrons. The van der Waals surface area contributed by atoms with E-state index < -0.39 is 0 Å². The predicted octanol–water partition coefficient (Wildman–Crippen LogP) is 0.0485. The average Bonchev–Trinajstić information content (AvgIpc) is 2.17. The Morgan fingerprint density at radius 3 is 2.67 bits per heavy atom. The lowest BCUT2D eigenvalue weighted by atomic mass is 10.4. The second-order valence-electron chi connectivity index (χ2n) is 3.08. The molecule has 0 spiro atoms. The molecule has 0 aliphatic heterocycles.